The zero-order valence-electron chi connectivity index (χ0n) is 22.4. The van der Waals surface area contributed by atoms with E-state index in [1.807, 2.05) is 0 Å². The van der Waals surface area contributed by atoms with E-state index in [0.717, 1.165) is 17.7 Å². The SMILES string of the molecule is C/C=C\C1=C(C=Nc2ccccc2-c2ccccc2)C(C)(C)C2=C1C=CC(c1ccc3ccccc3c1)C2. The molecule has 186 valence electrons. The van der Waals surface area contributed by atoms with Crippen molar-refractivity contribution >= 4 is 22.7 Å². The quantitative estimate of drug-likeness (QED) is 0.246. The van der Waals surface area contributed by atoms with Crippen molar-refractivity contribution in [2.45, 2.75) is 33.1 Å². The molecular formula is C37H33N. The minimum Gasteiger partial charge on any atom is -0.256 e. The highest BCUT2D eigenvalue weighted by molar-refractivity contribution is 5.92. The van der Waals surface area contributed by atoms with Gasteiger partial charge in [0, 0.05) is 23.1 Å². The summed E-state index contributed by atoms with van der Waals surface area (Å²) in [5.41, 5.74) is 10.1. The minimum absolute atomic E-state index is 0.102. The maximum Gasteiger partial charge on any atom is 0.0708 e. The number of aliphatic imine (C=N–C) groups is 1. The summed E-state index contributed by atoms with van der Waals surface area (Å²) in [6, 6.07) is 34.5. The van der Waals surface area contributed by atoms with Crippen molar-refractivity contribution in [1.29, 1.82) is 0 Å². The van der Waals surface area contributed by atoms with Gasteiger partial charge in [0.25, 0.3) is 0 Å². The monoisotopic (exact) mass is 491 g/mol. The molecule has 0 bridgehead atoms. The van der Waals surface area contributed by atoms with Crippen molar-refractivity contribution < 1.29 is 0 Å². The summed E-state index contributed by atoms with van der Waals surface area (Å²) in [4.78, 5) is 5.09. The van der Waals surface area contributed by atoms with Gasteiger partial charge in [-0.25, -0.2) is 0 Å². The van der Waals surface area contributed by atoms with E-state index in [1.165, 1.54) is 44.2 Å². The number of para-hydroxylation sites is 1. The molecular weight excluding hydrogens is 458 g/mol. The molecule has 0 N–H and O–H groups in total. The van der Waals surface area contributed by atoms with Crippen molar-refractivity contribution in [3.8, 4) is 11.1 Å². The Kier molecular flexibility index (Phi) is 6.29. The molecule has 2 aliphatic rings. The van der Waals surface area contributed by atoms with Gasteiger partial charge in [-0.2, -0.15) is 0 Å². The van der Waals surface area contributed by atoms with Crippen LogP contribution in [0.25, 0.3) is 21.9 Å². The average molecular weight is 492 g/mol. The first-order valence-electron chi connectivity index (χ1n) is 13.5. The minimum atomic E-state index is -0.102. The average Bonchev–Trinajstić information content (AvgIpc) is 3.17. The Hall–Kier alpha value is -4.23. The molecule has 0 aromatic heterocycles. The number of allylic oxidation sites excluding steroid dienone is 8. The van der Waals surface area contributed by atoms with Crippen LogP contribution in [0.4, 0.5) is 5.69 Å². The van der Waals surface area contributed by atoms with E-state index in [2.05, 4.69) is 148 Å². The maximum absolute atomic E-state index is 5.09. The third-order valence-corrected chi connectivity index (χ3v) is 8.11. The van der Waals surface area contributed by atoms with E-state index < -0.39 is 0 Å². The van der Waals surface area contributed by atoms with Gasteiger partial charge in [-0.1, -0.05) is 135 Å². The normalized spacial score (nSPS) is 18.8. The molecule has 0 amide bonds. The number of benzene rings is 4. The van der Waals surface area contributed by atoms with Crippen LogP contribution in [0.2, 0.25) is 0 Å². The Morgan fingerprint density at radius 3 is 2.37 bits per heavy atom. The van der Waals surface area contributed by atoms with Crippen LogP contribution in [-0.4, -0.2) is 6.21 Å². The largest absolute Gasteiger partial charge is 0.256 e. The highest BCUT2D eigenvalue weighted by atomic mass is 14.7. The number of nitrogens with zero attached hydrogens (tertiary/aromatic N) is 1. The number of hydrogen-bond acceptors (Lipinski definition) is 1. The molecule has 6 rings (SSSR count). The molecule has 0 fully saturated rings. The van der Waals surface area contributed by atoms with Gasteiger partial charge in [-0.15, -0.1) is 0 Å². The van der Waals surface area contributed by atoms with Crippen LogP contribution >= 0.6 is 0 Å². The molecule has 1 atom stereocenters. The summed E-state index contributed by atoms with van der Waals surface area (Å²) < 4.78 is 0. The summed E-state index contributed by atoms with van der Waals surface area (Å²) in [6.07, 6.45) is 12.3. The number of hydrogen-bond donors (Lipinski definition) is 0. The lowest BCUT2D eigenvalue weighted by Crippen LogP contribution is -2.19. The molecule has 1 nitrogen and oxygen atoms in total. The van der Waals surface area contributed by atoms with Crippen LogP contribution in [0.15, 0.2) is 149 Å². The van der Waals surface area contributed by atoms with Crippen molar-refractivity contribution in [2.24, 2.45) is 10.4 Å². The Bertz CT molecular complexity index is 1660. The van der Waals surface area contributed by atoms with Crippen LogP contribution in [-0.2, 0) is 0 Å². The van der Waals surface area contributed by atoms with Gasteiger partial charge in [-0.05, 0) is 58.0 Å². The van der Waals surface area contributed by atoms with Crippen molar-refractivity contribution in [3.05, 3.63) is 149 Å². The van der Waals surface area contributed by atoms with Gasteiger partial charge < -0.3 is 0 Å². The van der Waals surface area contributed by atoms with Crippen LogP contribution in [0.5, 0.6) is 0 Å². The smallest absolute Gasteiger partial charge is 0.0708 e. The summed E-state index contributed by atoms with van der Waals surface area (Å²) in [5.74, 6) is 0.375. The second-order valence-corrected chi connectivity index (χ2v) is 10.8. The second kappa shape index (κ2) is 9.91. The van der Waals surface area contributed by atoms with E-state index in [9.17, 15) is 0 Å². The maximum atomic E-state index is 5.09. The highest BCUT2D eigenvalue weighted by Crippen LogP contribution is 2.52. The first kappa shape index (κ1) is 24.1. The lowest BCUT2D eigenvalue weighted by molar-refractivity contribution is 0.531. The molecule has 4 aromatic carbocycles. The van der Waals surface area contributed by atoms with E-state index in [0.29, 0.717) is 5.92 Å². The van der Waals surface area contributed by atoms with Crippen molar-refractivity contribution in [3.63, 3.8) is 0 Å². The lowest BCUT2D eigenvalue weighted by Gasteiger charge is -2.30. The van der Waals surface area contributed by atoms with Crippen LogP contribution in [0.1, 0.15) is 38.7 Å². The molecule has 0 heterocycles. The van der Waals surface area contributed by atoms with E-state index in [1.54, 1.807) is 0 Å². The Morgan fingerprint density at radius 2 is 1.55 bits per heavy atom. The van der Waals surface area contributed by atoms with Gasteiger partial charge in [0.15, 0.2) is 0 Å². The first-order chi connectivity index (χ1) is 18.6. The van der Waals surface area contributed by atoms with Crippen molar-refractivity contribution in [1.82, 2.24) is 0 Å². The van der Waals surface area contributed by atoms with E-state index >= 15 is 0 Å². The van der Waals surface area contributed by atoms with Crippen LogP contribution < -0.4 is 0 Å². The molecule has 4 aromatic rings. The first-order valence-corrected chi connectivity index (χ1v) is 13.5. The summed E-state index contributed by atoms with van der Waals surface area (Å²) >= 11 is 0. The zero-order chi connectivity index (χ0) is 26.1. The molecule has 0 spiro atoms. The third kappa shape index (κ3) is 4.29. The fourth-order valence-electron chi connectivity index (χ4n) is 6.03. The van der Waals surface area contributed by atoms with Crippen LogP contribution in [0.3, 0.4) is 0 Å². The van der Waals surface area contributed by atoms with E-state index in [-0.39, 0.29) is 5.41 Å². The molecule has 0 radical (unpaired) electrons. The van der Waals surface area contributed by atoms with E-state index in [4.69, 9.17) is 4.99 Å². The zero-order valence-corrected chi connectivity index (χ0v) is 22.4. The predicted octanol–water partition coefficient (Wildman–Crippen LogP) is 10.2. The summed E-state index contributed by atoms with van der Waals surface area (Å²) in [7, 11) is 0. The summed E-state index contributed by atoms with van der Waals surface area (Å²) in [5, 5.41) is 2.60. The number of rotatable bonds is 5. The second-order valence-electron chi connectivity index (χ2n) is 10.8. The van der Waals surface area contributed by atoms with Gasteiger partial charge >= 0.3 is 0 Å². The topological polar surface area (TPSA) is 12.4 Å². The fourth-order valence-corrected chi connectivity index (χ4v) is 6.03. The lowest BCUT2D eigenvalue weighted by atomic mass is 9.74. The van der Waals surface area contributed by atoms with Gasteiger partial charge in [0.1, 0.15) is 0 Å². The molecule has 2 aliphatic carbocycles. The standard InChI is InChI=1S/C37H33N/c1-4-12-32-33-22-21-30(29-20-19-26-13-8-9-16-28(26)23-29)24-34(33)37(2,3)35(32)25-38-36-18-11-10-17-31(36)27-14-6-5-7-15-27/h4-23,25,30H,24H2,1-3H3/b12-4-,38-25?. The molecule has 0 saturated heterocycles. The Labute approximate surface area is 226 Å². The van der Waals surface area contributed by atoms with Gasteiger partial charge in [-0.3, -0.25) is 4.99 Å². The van der Waals surface area contributed by atoms with Crippen LogP contribution in [0, 0.1) is 5.41 Å². The molecule has 1 heteroatoms. The van der Waals surface area contributed by atoms with Gasteiger partial charge in [0.2, 0.25) is 0 Å². The fraction of sp³-hybridized carbons (Fsp3) is 0.162. The van der Waals surface area contributed by atoms with Crippen molar-refractivity contribution in [2.75, 3.05) is 0 Å². The number of fused-ring (bicyclic) bond motifs is 1. The third-order valence-electron chi connectivity index (χ3n) is 8.11. The molecule has 0 saturated carbocycles. The van der Waals surface area contributed by atoms with Gasteiger partial charge in [0.05, 0.1) is 5.69 Å². The molecule has 1 unspecified atom stereocenters. The molecule has 0 aliphatic heterocycles. The summed E-state index contributed by atoms with van der Waals surface area (Å²) in [6.45, 7) is 6.82. The predicted molar refractivity (Wildman–Crippen MR) is 163 cm³/mol. The Balaban J connectivity index is 1.35. The highest BCUT2D eigenvalue weighted by Gasteiger charge is 2.39. The molecule has 38 heavy (non-hydrogen) atoms. The Morgan fingerprint density at radius 1 is 0.816 bits per heavy atom.